The number of benzene rings is 2. The van der Waals surface area contributed by atoms with E-state index in [0.29, 0.717) is 33.1 Å². The number of aromatic nitrogens is 3. The molecule has 0 aliphatic heterocycles. The van der Waals surface area contributed by atoms with Crippen molar-refractivity contribution in [2.75, 3.05) is 11.1 Å². The number of aryl methyl sites for hydroxylation is 1. The molecule has 140 valence electrons. The van der Waals surface area contributed by atoms with Crippen molar-refractivity contribution in [2.45, 2.75) is 18.5 Å². The Morgan fingerprint density at radius 1 is 1.04 bits per heavy atom. The molecule has 0 radical (unpaired) electrons. The summed E-state index contributed by atoms with van der Waals surface area (Å²) in [7, 11) is 0. The summed E-state index contributed by atoms with van der Waals surface area (Å²) >= 11 is 1.22. The van der Waals surface area contributed by atoms with Crippen LogP contribution in [0.3, 0.4) is 0 Å². The van der Waals surface area contributed by atoms with Gasteiger partial charge in [0.1, 0.15) is 5.82 Å². The molecule has 3 aromatic rings. The molecule has 0 unspecified atom stereocenters. The summed E-state index contributed by atoms with van der Waals surface area (Å²) < 4.78 is 0. The van der Waals surface area contributed by atoms with E-state index < -0.39 is 0 Å². The molecule has 1 aliphatic rings. The second kappa shape index (κ2) is 7.40. The molecule has 28 heavy (non-hydrogen) atoms. The number of nitrogens with zero attached hydrogens (tertiary/aromatic N) is 2. The lowest BCUT2D eigenvalue weighted by Gasteiger charge is -2.18. The SMILES string of the molecule is CCc1nc(SCC(=O)Nc2ccc3c(c2)C(=O)c2ccccc2C3=O)n[nH]1. The number of carbonyl (C=O) groups is 3. The molecule has 1 aliphatic carbocycles. The van der Waals surface area contributed by atoms with Gasteiger partial charge in [0.2, 0.25) is 11.1 Å². The van der Waals surface area contributed by atoms with E-state index in [1.165, 1.54) is 11.8 Å². The number of anilines is 1. The van der Waals surface area contributed by atoms with Crippen molar-refractivity contribution in [3.05, 3.63) is 70.5 Å². The predicted molar refractivity (Wildman–Crippen MR) is 105 cm³/mol. The second-order valence-corrected chi connectivity index (χ2v) is 7.16. The summed E-state index contributed by atoms with van der Waals surface area (Å²) in [4.78, 5) is 41.8. The van der Waals surface area contributed by atoms with Gasteiger partial charge in [0.05, 0.1) is 5.75 Å². The summed E-state index contributed by atoms with van der Waals surface area (Å²) in [6.07, 6.45) is 0.741. The van der Waals surface area contributed by atoms with Crippen LogP contribution in [0.1, 0.15) is 44.6 Å². The first-order chi connectivity index (χ1) is 13.6. The number of rotatable bonds is 5. The minimum Gasteiger partial charge on any atom is -0.325 e. The summed E-state index contributed by atoms with van der Waals surface area (Å²) in [6, 6.07) is 11.5. The molecule has 1 aromatic heterocycles. The molecule has 7 nitrogen and oxygen atoms in total. The Hall–Kier alpha value is -3.26. The molecule has 0 saturated heterocycles. The van der Waals surface area contributed by atoms with E-state index in [0.717, 1.165) is 12.2 Å². The van der Waals surface area contributed by atoms with Crippen LogP contribution in [0, 0.1) is 0 Å². The van der Waals surface area contributed by atoms with Crippen LogP contribution in [0.5, 0.6) is 0 Å². The number of hydrogen-bond acceptors (Lipinski definition) is 6. The number of fused-ring (bicyclic) bond motifs is 2. The van der Waals surface area contributed by atoms with E-state index in [1.807, 2.05) is 6.92 Å². The summed E-state index contributed by atoms with van der Waals surface area (Å²) in [5.74, 6) is 0.246. The molecule has 0 bridgehead atoms. The highest BCUT2D eigenvalue weighted by molar-refractivity contribution is 7.99. The number of hydrogen-bond donors (Lipinski definition) is 2. The molecule has 2 aromatic carbocycles. The average Bonchev–Trinajstić information content (AvgIpc) is 3.19. The highest BCUT2D eigenvalue weighted by Crippen LogP contribution is 2.29. The Morgan fingerprint density at radius 2 is 1.71 bits per heavy atom. The van der Waals surface area contributed by atoms with Crippen LogP contribution in [0.15, 0.2) is 47.6 Å². The fraction of sp³-hybridized carbons (Fsp3) is 0.150. The van der Waals surface area contributed by atoms with Gasteiger partial charge in [-0.15, -0.1) is 5.10 Å². The van der Waals surface area contributed by atoms with Gasteiger partial charge in [0.15, 0.2) is 11.6 Å². The molecular formula is C20H16N4O3S. The van der Waals surface area contributed by atoms with Gasteiger partial charge >= 0.3 is 0 Å². The van der Waals surface area contributed by atoms with Crippen molar-refractivity contribution >= 4 is 34.9 Å². The second-order valence-electron chi connectivity index (χ2n) is 6.22. The normalized spacial score (nSPS) is 12.5. The van der Waals surface area contributed by atoms with Crippen LogP contribution in [0.4, 0.5) is 5.69 Å². The zero-order valence-corrected chi connectivity index (χ0v) is 15.8. The molecule has 0 spiro atoms. The third-order valence-corrected chi connectivity index (χ3v) is 5.23. The van der Waals surface area contributed by atoms with E-state index in [1.54, 1.807) is 42.5 Å². The monoisotopic (exact) mass is 392 g/mol. The third kappa shape index (κ3) is 3.34. The lowest BCUT2D eigenvalue weighted by molar-refractivity contribution is -0.113. The summed E-state index contributed by atoms with van der Waals surface area (Å²) in [6.45, 7) is 1.96. The van der Waals surface area contributed by atoms with Crippen molar-refractivity contribution < 1.29 is 14.4 Å². The Balaban J connectivity index is 1.49. The van der Waals surface area contributed by atoms with Crippen molar-refractivity contribution in [1.29, 1.82) is 0 Å². The van der Waals surface area contributed by atoms with Crippen molar-refractivity contribution in [3.63, 3.8) is 0 Å². The number of aromatic amines is 1. The standard InChI is InChI=1S/C20H16N4O3S/c1-2-16-22-20(24-23-16)28-10-17(25)21-11-7-8-14-15(9-11)19(27)13-6-4-3-5-12(13)18(14)26/h3-9H,2,10H2,1H3,(H,21,25)(H,22,23,24). The van der Waals surface area contributed by atoms with Crippen molar-refractivity contribution in [3.8, 4) is 0 Å². The van der Waals surface area contributed by atoms with Gasteiger partial charge in [-0.25, -0.2) is 4.98 Å². The van der Waals surface area contributed by atoms with Crippen LogP contribution >= 0.6 is 11.8 Å². The molecule has 0 fully saturated rings. The van der Waals surface area contributed by atoms with Crippen LogP contribution in [-0.2, 0) is 11.2 Å². The van der Waals surface area contributed by atoms with Gasteiger partial charge < -0.3 is 5.32 Å². The summed E-state index contributed by atoms with van der Waals surface area (Å²) in [5.41, 5.74) is 1.91. The van der Waals surface area contributed by atoms with Crippen LogP contribution in [0.2, 0.25) is 0 Å². The quantitative estimate of drug-likeness (QED) is 0.506. The topological polar surface area (TPSA) is 105 Å². The summed E-state index contributed by atoms with van der Waals surface area (Å²) in [5, 5.41) is 10.1. The smallest absolute Gasteiger partial charge is 0.234 e. The van der Waals surface area contributed by atoms with E-state index in [4.69, 9.17) is 0 Å². The lowest BCUT2D eigenvalue weighted by Crippen LogP contribution is -2.21. The fourth-order valence-electron chi connectivity index (χ4n) is 3.00. The zero-order valence-electron chi connectivity index (χ0n) is 15.0. The minimum absolute atomic E-state index is 0.133. The molecule has 8 heteroatoms. The van der Waals surface area contributed by atoms with E-state index in [2.05, 4.69) is 20.5 Å². The number of carbonyl (C=O) groups excluding carboxylic acids is 3. The Kier molecular flexibility index (Phi) is 4.79. The molecule has 0 atom stereocenters. The number of nitrogens with one attached hydrogen (secondary N) is 2. The Labute approximate surface area is 165 Å². The van der Waals surface area contributed by atoms with E-state index in [9.17, 15) is 14.4 Å². The highest BCUT2D eigenvalue weighted by atomic mass is 32.2. The van der Waals surface area contributed by atoms with Gasteiger partial charge in [-0.05, 0) is 18.2 Å². The predicted octanol–water partition coefficient (Wildman–Crippen LogP) is 2.87. The number of amides is 1. The van der Waals surface area contributed by atoms with Crippen LogP contribution in [-0.4, -0.2) is 38.4 Å². The maximum absolute atomic E-state index is 12.7. The average molecular weight is 392 g/mol. The fourth-order valence-corrected chi connectivity index (χ4v) is 3.62. The maximum atomic E-state index is 12.7. The van der Waals surface area contributed by atoms with Gasteiger partial charge in [0.25, 0.3) is 0 Å². The number of thioether (sulfide) groups is 1. The Bertz CT molecular complexity index is 1110. The van der Waals surface area contributed by atoms with Crippen LogP contribution in [0.25, 0.3) is 0 Å². The first kappa shape index (κ1) is 18.1. The third-order valence-electron chi connectivity index (χ3n) is 4.39. The molecule has 1 heterocycles. The highest BCUT2D eigenvalue weighted by Gasteiger charge is 2.29. The first-order valence-corrected chi connectivity index (χ1v) is 9.71. The van der Waals surface area contributed by atoms with Gasteiger partial charge in [-0.3, -0.25) is 19.5 Å². The lowest BCUT2D eigenvalue weighted by atomic mass is 9.84. The number of ketones is 2. The van der Waals surface area contributed by atoms with Crippen molar-refractivity contribution in [2.24, 2.45) is 0 Å². The zero-order chi connectivity index (χ0) is 19.7. The molecule has 0 saturated carbocycles. The van der Waals surface area contributed by atoms with Gasteiger partial charge in [-0.1, -0.05) is 43.0 Å². The van der Waals surface area contributed by atoms with Crippen molar-refractivity contribution in [1.82, 2.24) is 15.2 Å². The van der Waals surface area contributed by atoms with E-state index in [-0.39, 0.29) is 23.2 Å². The minimum atomic E-state index is -0.247. The van der Waals surface area contributed by atoms with Gasteiger partial charge in [-0.2, -0.15) is 0 Å². The first-order valence-electron chi connectivity index (χ1n) is 8.73. The molecule has 2 N–H and O–H groups in total. The molecule has 4 rings (SSSR count). The maximum Gasteiger partial charge on any atom is 0.234 e. The Morgan fingerprint density at radius 3 is 2.39 bits per heavy atom. The molecular weight excluding hydrogens is 376 g/mol. The largest absolute Gasteiger partial charge is 0.325 e. The molecule has 1 amide bonds. The number of H-pyrrole nitrogens is 1. The van der Waals surface area contributed by atoms with Gasteiger partial charge in [0, 0.05) is 34.4 Å². The van der Waals surface area contributed by atoms with E-state index >= 15 is 0 Å². The van der Waals surface area contributed by atoms with Crippen LogP contribution < -0.4 is 5.32 Å².